The van der Waals surface area contributed by atoms with Crippen molar-refractivity contribution in [2.24, 2.45) is 0 Å². The number of ether oxygens (including phenoxy) is 1. The van der Waals surface area contributed by atoms with Crippen LogP contribution in [0.3, 0.4) is 0 Å². The minimum absolute atomic E-state index is 0.110. The maximum Gasteiger partial charge on any atom is 0.373 e. The molecule has 1 rings (SSSR count). The van der Waals surface area contributed by atoms with E-state index in [4.69, 9.17) is 14.9 Å². The van der Waals surface area contributed by atoms with Crippen LogP contribution >= 0.6 is 0 Å². The first-order chi connectivity index (χ1) is 6.24. The van der Waals surface area contributed by atoms with Crippen LogP contribution in [0.2, 0.25) is 0 Å². The van der Waals surface area contributed by atoms with Gasteiger partial charge in [-0.3, -0.25) is 0 Å². The molecule has 2 N–H and O–H groups in total. The van der Waals surface area contributed by atoms with Crippen LogP contribution in [-0.4, -0.2) is 39.4 Å². The molecule has 6 heteroatoms. The van der Waals surface area contributed by atoms with Crippen LogP contribution in [-0.2, 0) is 0 Å². The Kier molecular flexibility index (Phi) is 3.15. The van der Waals surface area contributed by atoms with Gasteiger partial charge in [-0.15, -0.1) is 0 Å². The van der Waals surface area contributed by atoms with Crippen molar-refractivity contribution in [1.29, 1.82) is 0 Å². The summed E-state index contributed by atoms with van der Waals surface area (Å²) < 4.78 is 4.92. The number of carboxylic acids is 1. The zero-order chi connectivity index (χ0) is 9.68. The summed E-state index contributed by atoms with van der Waals surface area (Å²) in [6.07, 6.45) is 2.48. The molecule has 0 spiro atoms. The van der Waals surface area contributed by atoms with E-state index in [1.807, 2.05) is 0 Å². The number of carboxylic acid groups (broad SMARTS) is 1. The van der Waals surface area contributed by atoms with Crippen molar-refractivity contribution in [2.75, 3.05) is 13.2 Å². The fraction of sp³-hybridized carbons (Fsp3) is 0.286. The summed E-state index contributed by atoms with van der Waals surface area (Å²) in [6.45, 7) is 0.0243. The monoisotopic (exact) mass is 184 g/mol. The Morgan fingerprint density at radius 3 is 2.54 bits per heavy atom. The van der Waals surface area contributed by atoms with Gasteiger partial charge >= 0.3 is 5.97 Å². The molecule has 1 heterocycles. The first-order valence-corrected chi connectivity index (χ1v) is 3.53. The molecule has 0 saturated carbocycles. The molecule has 0 saturated heterocycles. The van der Waals surface area contributed by atoms with Crippen LogP contribution in [0.1, 0.15) is 10.6 Å². The molecular formula is C7H8N2O4. The second-order valence-corrected chi connectivity index (χ2v) is 2.12. The summed E-state index contributed by atoms with van der Waals surface area (Å²) in [5, 5.41) is 16.9. The van der Waals surface area contributed by atoms with E-state index in [0.717, 1.165) is 0 Å². The number of aliphatic hydroxyl groups excluding tert-OH is 1. The van der Waals surface area contributed by atoms with Crippen molar-refractivity contribution in [3.05, 3.63) is 18.2 Å². The number of hydrogen-bond donors (Lipinski definition) is 2. The summed E-state index contributed by atoms with van der Waals surface area (Å²) in [5.41, 5.74) is 0. The molecule has 0 bridgehead atoms. The van der Waals surface area contributed by atoms with Gasteiger partial charge in [-0.2, -0.15) is 0 Å². The number of rotatable bonds is 4. The van der Waals surface area contributed by atoms with E-state index in [0.29, 0.717) is 5.75 Å². The molecule has 1 aromatic heterocycles. The van der Waals surface area contributed by atoms with Crippen molar-refractivity contribution < 1.29 is 19.7 Å². The fourth-order valence-electron chi connectivity index (χ4n) is 0.665. The van der Waals surface area contributed by atoms with Gasteiger partial charge in [-0.05, 0) is 0 Å². The first-order valence-electron chi connectivity index (χ1n) is 3.53. The topological polar surface area (TPSA) is 92.5 Å². The Balaban J connectivity index is 2.64. The number of hydrogen-bond acceptors (Lipinski definition) is 5. The molecule has 0 amide bonds. The lowest BCUT2D eigenvalue weighted by Gasteiger charge is -2.01. The number of aromatic carboxylic acids is 1. The Morgan fingerprint density at radius 1 is 1.46 bits per heavy atom. The lowest BCUT2D eigenvalue weighted by atomic mass is 10.5. The smallest absolute Gasteiger partial charge is 0.373 e. The lowest BCUT2D eigenvalue weighted by Crippen LogP contribution is -2.06. The second kappa shape index (κ2) is 4.36. The minimum Gasteiger partial charge on any atom is -0.488 e. The highest BCUT2D eigenvalue weighted by molar-refractivity contribution is 5.82. The molecular weight excluding hydrogens is 176 g/mol. The Bertz CT molecular complexity index is 285. The van der Waals surface area contributed by atoms with Gasteiger partial charge in [0, 0.05) is 0 Å². The molecule has 0 aliphatic heterocycles. The van der Waals surface area contributed by atoms with E-state index in [1.165, 1.54) is 12.4 Å². The van der Waals surface area contributed by atoms with E-state index >= 15 is 0 Å². The first kappa shape index (κ1) is 9.40. The number of aliphatic hydroxyl groups is 1. The summed E-state index contributed by atoms with van der Waals surface area (Å²) in [7, 11) is 0. The zero-order valence-corrected chi connectivity index (χ0v) is 6.67. The van der Waals surface area contributed by atoms with E-state index in [-0.39, 0.29) is 19.0 Å². The Labute approximate surface area is 73.8 Å². The number of aromatic nitrogens is 2. The summed E-state index contributed by atoms with van der Waals surface area (Å²) in [6, 6.07) is 0. The van der Waals surface area contributed by atoms with Crippen LogP contribution < -0.4 is 4.74 Å². The number of nitrogens with zero attached hydrogens (tertiary/aromatic N) is 2. The highest BCUT2D eigenvalue weighted by Gasteiger charge is 2.05. The minimum atomic E-state index is -1.19. The molecule has 0 aliphatic carbocycles. The van der Waals surface area contributed by atoms with Gasteiger partial charge in [-0.25, -0.2) is 14.8 Å². The van der Waals surface area contributed by atoms with Gasteiger partial charge in [0.05, 0.1) is 19.0 Å². The molecule has 0 aliphatic rings. The van der Waals surface area contributed by atoms with E-state index < -0.39 is 5.97 Å². The highest BCUT2D eigenvalue weighted by Crippen LogP contribution is 2.05. The average Bonchev–Trinajstić information content (AvgIpc) is 2.15. The van der Waals surface area contributed by atoms with Gasteiger partial charge in [0.25, 0.3) is 0 Å². The second-order valence-electron chi connectivity index (χ2n) is 2.12. The SMILES string of the molecule is O=C(O)c1ncc(OCCO)cn1. The zero-order valence-electron chi connectivity index (χ0n) is 6.67. The summed E-state index contributed by atoms with van der Waals surface area (Å²) in [4.78, 5) is 17.3. The standard InChI is InChI=1S/C7H8N2O4/c10-1-2-13-5-3-8-6(7(11)12)9-4-5/h3-4,10H,1-2H2,(H,11,12). The maximum absolute atomic E-state index is 10.3. The van der Waals surface area contributed by atoms with Crippen LogP contribution in [0.15, 0.2) is 12.4 Å². The molecule has 0 aromatic carbocycles. The van der Waals surface area contributed by atoms with Gasteiger partial charge < -0.3 is 14.9 Å². The third kappa shape index (κ3) is 2.68. The van der Waals surface area contributed by atoms with Crippen LogP contribution in [0.4, 0.5) is 0 Å². The van der Waals surface area contributed by atoms with Crippen molar-refractivity contribution in [3.63, 3.8) is 0 Å². The quantitative estimate of drug-likeness (QED) is 0.658. The summed E-state index contributed by atoms with van der Waals surface area (Å²) >= 11 is 0. The average molecular weight is 184 g/mol. The number of carbonyl (C=O) groups is 1. The molecule has 70 valence electrons. The molecule has 0 unspecified atom stereocenters. The van der Waals surface area contributed by atoms with E-state index in [1.54, 1.807) is 0 Å². The van der Waals surface area contributed by atoms with Crippen LogP contribution in [0.25, 0.3) is 0 Å². The van der Waals surface area contributed by atoms with Gasteiger partial charge in [-0.1, -0.05) is 0 Å². The molecule has 6 nitrogen and oxygen atoms in total. The largest absolute Gasteiger partial charge is 0.488 e. The molecule has 1 aromatic rings. The predicted octanol–water partition coefficient (Wildman–Crippen LogP) is -0.454. The van der Waals surface area contributed by atoms with Crippen molar-refractivity contribution in [3.8, 4) is 5.75 Å². The fourth-order valence-corrected chi connectivity index (χ4v) is 0.665. The van der Waals surface area contributed by atoms with E-state index in [2.05, 4.69) is 9.97 Å². The Hall–Kier alpha value is -1.69. The normalized spacial score (nSPS) is 9.62. The molecule has 0 fully saturated rings. The third-order valence-corrected chi connectivity index (χ3v) is 1.18. The van der Waals surface area contributed by atoms with Crippen molar-refractivity contribution >= 4 is 5.97 Å². The van der Waals surface area contributed by atoms with E-state index in [9.17, 15) is 4.79 Å². The predicted molar refractivity (Wildman–Crippen MR) is 41.6 cm³/mol. The molecule has 13 heavy (non-hydrogen) atoms. The lowest BCUT2D eigenvalue weighted by molar-refractivity contribution is 0.0683. The maximum atomic E-state index is 10.3. The molecule has 0 radical (unpaired) electrons. The molecule has 0 atom stereocenters. The van der Waals surface area contributed by atoms with Gasteiger partial charge in [0.1, 0.15) is 6.61 Å². The van der Waals surface area contributed by atoms with Gasteiger partial charge in [0.15, 0.2) is 5.75 Å². The highest BCUT2D eigenvalue weighted by atomic mass is 16.5. The van der Waals surface area contributed by atoms with Crippen LogP contribution in [0, 0.1) is 0 Å². The summed E-state index contributed by atoms with van der Waals surface area (Å²) in [5.74, 6) is -1.14. The van der Waals surface area contributed by atoms with Gasteiger partial charge in [0.2, 0.25) is 5.82 Å². The van der Waals surface area contributed by atoms with Crippen LogP contribution in [0.5, 0.6) is 5.75 Å². The Morgan fingerprint density at radius 2 is 2.08 bits per heavy atom. The van der Waals surface area contributed by atoms with Crippen molar-refractivity contribution in [2.45, 2.75) is 0 Å². The van der Waals surface area contributed by atoms with Crippen molar-refractivity contribution in [1.82, 2.24) is 9.97 Å². The third-order valence-electron chi connectivity index (χ3n) is 1.18.